The lowest BCUT2D eigenvalue weighted by atomic mass is 9.78. The lowest BCUT2D eigenvalue weighted by molar-refractivity contribution is 0.331. The molecular formula is C23H22S. The largest absolute Gasteiger partial charge is 0.143 e. The maximum atomic E-state index is 4.67. The van der Waals surface area contributed by atoms with E-state index in [1.165, 1.54) is 54.0 Å². The van der Waals surface area contributed by atoms with Crippen molar-refractivity contribution in [1.82, 2.24) is 0 Å². The van der Waals surface area contributed by atoms with Crippen molar-refractivity contribution >= 4 is 23.4 Å². The van der Waals surface area contributed by atoms with Gasteiger partial charge in [-0.05, 0) is 70.2 Å². The smallest absolute Gasteiger partial charge is 0.0119 e. The summed E-state index contributed by atoms with van der Waals surface area (Å²) in [6, 6.07) is 20.1. The van der Waals surface area contributed by atoms with Crippen molar-refractivity contribution in [2.45, 2.75) is 42.9 Å². The summed E-state index contributed by atoms with van der Waals surface area (Å²) in [7, 11) is 0. The summed E-state index contributed by atoms with van der Waals surface area (Å²) in [6.07, 6.45) is 6.88. The van der Waals surface area contributed by atoms with Crippen LogP contribution < -0.4 is 0 Å². The second kappa shape index (κ2) is 5.67. The average molecular weight is 330 g/mol. The lowest BCUT2D eigenvalue weighted by Crippen LogP contribution is -2.13. The summed E-state index contributed by atoms with van der Waals surface area (Å²) in [5.41, 5.74) is 6.10. The molecule has 0 bridgehead atoms. The van der Waals surface area contributed by atoms with Gasteiger partial charge < -0.3 is 0 Å². The highest BCUT2D eigenvalue weighted by molar-refractivity contribution is 7.80. The Labute approximate surface area is 149 Å². The zero-order valence-electron chi connectivity index (χ0n) is 13.8. The molecule has 2 aliphatic rings. The fourth-order valence-corrected chi connectivity index (χ4v) is 5.37. The minimum atomic E-state index is 0.777. The van der Waals surface area contributed by atoms with Crippen LogP contribution in [0.15, 0.2) is 59.5 Å². The van der Waals surface area contributed by atoms with Crippen LogP contribution in [-0.4, -0.2) is 0 Å². The molecule has 1 saturated carbocycles. The second-order valence-electron chi connectivity index (χ2n) is 7.41. The first-order chi connectivity index (χ1) is 11.8. The van der Waals surface area contributed by atoms with Crippen LogP contribution in [0, 0.1) is 5.92 Å². The Morgan fingerprint density at radius 1 is 0.750 bits per heavy atom. The standard InChI is InChI=1S/C23H22S/c24-22-13-12-19(18-9-3-4-10-20(18)22)21-11-5-7-16-14-15-6-1-2-8-17(15)23(16)21/h3-5,7,9-13,15,17,24H,1-2,6,8,14H2. The molecule has 0 amide bonds. The molecule has 5 rings (SSSR count). The maximum absolute atomic E-state index is 4.67. The third-order valence-electron chi connectivity index (χ3n) is 6.15. The number of hydrogen-bond acceptors (Lipinski definition) is 1. The summed E-state index contributed by atoms with van der Waals surface area (Å²) < 4.78 is 0. The molecule has 0 saturated heterocycles. The first-order valence-electron chi connectivity index (χ1n) is 9.16. The van der Waals surface area contributed by atoms with Crippen LogP contribution in [0.3, 0.4) is 0 Å². The molecule has 0 aliphatic heterocycles. The Bertz CT molecular complexity index is 924. The van der Waals surface area contributed by atoms with Crippen molar-refractivity contribution in [3.63, 3.8) is 0 Å². The van der Waals surface area contributed by atoms with Gasteiger partial charge in [-0.25, -0.2) is 0 Å². The van der Waals surface area contributed by atoms with Gasteiger partial charge in [0.1, 0.15) is 0 Å². The molecule has 0 radical (unpaired) electrons. The second-order valence-corrected chi connectivity index (χ2v) is 7.89. The van der Waals surface area contributed by atoms with Gasteiger partial charge in [0.25, 0.3) is 0 Å². The molecule has 1 fully saturated rings. The number of fused-ring (bicyclic) bond motifs is 4. The molecule has 0 N–H and O–H groups in total. The minimum absolute atomic E-state index is 0.777. The van der Waals surface area contributed by atoms with Gasteiger partial charge in [0.2, 0.25) is 0 Å². The Hall–Kier alpha value is -1.73. The summed E-state index contributed by atoms with van der Waals surface area (Å²) in [5, 5.41) is 2.59. The van der Waals surface area contributed by atoms with E-state index in [1.54, 1.807) is 11.1 Å². The topological polar surface area (TPSA) is 0 Å². The summed E-state index contributed by atoms with van der Waals surface area (Å²) in [5.74, 6) is 1.66. The first-order valence-corrected chi connectivity index (χ1v) is 9.60. The average Bonchev–Trinajstić information content (AvgIpc) is 3.01. The van der Waals surface area contributed by atoms with Crippen LogP contribution >= 0.6 is 12.6 Å². The van der Waals surface area contributed by atoms with Gasteiger partial charge in [-0.2, -0.15) is 0 Å². The molecule has 24 heavy (non-hydrogen) atoms. The van der Waals surface area contributed by atoms with Crippen molar-refractivity contribution in [1.29, 1.82) is 0 Å². The fraction of sp³-hybridized carbons (Fsp3) is 0.304. The summed E-state index contributed by atoms with van der Waals surface area (Å²) in [6.45, 7) is 0. The Balaban J connectivity index is 1.76. The third kappa shape index (κ3) is 2.14. The summed E-state index contributed by atoms with van der Waals surface area (Å²) in [4.78, 5) is 1.07. The number of benzene rings is 3. The van der Waals surface area contributed by atoms with Gasteiger partial charge in [-0.15, -0.1) is 12.6 Å². The van der Waals surface area contributed by atoms with Crippen LogP contribution in [-0.2, 0) is 6.42 Å². The Morgan fingerprint density at radius 3 is 2.50 bits per heavy atom. The molecule has 3 aromatic rings. The van der Waals surface area contributed by atoms with Crippen molar-refractivity contribution in [2.75, 3.05) is 0 Å². The molecule has 0 aromatic heterocycles. The van der Waals surface area contributed by atoms with E-state index < -0.39 is 0 Å². The number of thiol groups is 1. The predicted molar refractivity (Wildman–Crippen MR) is 105 cm³/mol. The van der Waals surface area contributed by atoms with Gasteiger partial charge in [-0.1, -0.05) is 61.4 Å². The highest BCUT2D eigenvalue weighted by Crippen LogP contribution is 2.50. The van der Waals surface area contributed by atoms with E-state index in [9.17, 15) is 0 Å². The molecule has 2 atom stereocenters. The zero-order valence-corrected chi connectivity index (χ0v) is 14.7. The summed E-state index contributed by atoms with van der Waals surface area (Å²) >= 11 is 4.67. The molecule has 3 aromatic carbocycles. The van der Waals surface area contributed by atoms with Gasteiger partial charge >= 0.3 is 0 Å². The van der Waals surface area contributed by atoms with E-state index in [0.29, 0.717) is 0 Å². The minimum Gasteiger partial charge on any atom is -0.143 e. The molecule has 0 spiro atoms. The number of rotatable bonds is 1. The Morgan fingerprint density at radius 2 is 1.58 bits per heavy atom. The normalized spacial score (nSPS) is 22.4. The molecular weight excluding hydrogens is 308 g/mol. The van der Waals surface area contributed by atoms with Crippen LogP contribution in [0.25, 0.3) is 21.9 Å². The third-order valence-corrected chi connectivity index (χ3v) is 6.54. The van der Waals surface area contributed by atoms with E-state index in [1.807, 2.05) is 0 Å². The SMILES string of the molecule is Sc1ccc(-c2cccc3c2C2CCCCC2C3)c2ccccc12. The molecule has 120 valence electrons. The van der Waals surface area contributed by atoms with Gasteiger partial charge in [0.05, 0.1) is 0 Å². The quantitative estimate of drug-likeness (QED) is 0.476. The van der Waals surface area contributed by atoms with Crippen molar-refractivity contribution in [2.24, 2.45) is 5.92 Å². The number of hydrogen-bond donors (Lipinski definition) is 1. The lowest BCUT2D eigenvalue weighted by Gasteiger charge is -2.27. The highest BCUT2D eigenvalue weighted by atomic mass is 32.1. The zero-order chi connectivity index (χ0) is 16.1. The van der Waals surface area contributed by atoms with Crippen LogP contribution in [0.1, 0.15) is 42.7 Å². The van der Waals surface area contributed by atoms with E-state index >= 15 is 0 Å². The van der Waals surface area contributed by atoms with Gasteiger partial charge in [-0.3, -0.25) is 0 Å². The molecule has 0 nitrogen and oxygen atoms in total. The highest BCUT2D eigenvalue weighted by Gasteiger charge is 2.35. The van der Waals surface area contributed by atoms with Crippen LogP contribution in [0.4, 0.5) is 0 Å². The Kier molecular flexibility index (Phi) is 3.45. The van der Waals surface area contributed by atoms with E-state index in [4.69, 9.17) is 0 Å². The predicted octanol–water partition coefficient (Wildman–Crippen LogP) is 6.63. The van der Waals surface area contributed by atoms with Crippen LogP contribution in [0.5, 0.6) is 0 Å². The molecule has 2 unspecified atom stereocenters. The monoisotopic (exact) mass is 330 g/mol. The first kappa shape index (κ1) is 14.6. The molecule has 0 heterocycles. The molecule has 1 heteroatoms. The van der Waals surface area contributed by atoms with Gasteiger partial charge in [0, 0.05) is 4.90 Å². The maximum Gasteiger partial charge on any atom is 0.0119 e. The molecule has 2 aliphatic carbocycles. The van der Waals surface area contributed by atoms with Crippen LogP contribution in [0.2, 0.25) is 0 Å². The van der Waals surface area contributed by atoms with Gasteiger partial charge in [0.15, 0.2) is 0 Å². The fourth-order valence-electron chi connectivity index (χ4n) is 5.10. The van der Waals surface area contributed by atoms with Crippen molar-refractivity contribution < 1.29 is 0 Å². The van der Waals surface area contributed by atoms with E-state index in [0.717, 1.165) is 16.7 Å². The van der Waals surface area contributed by atoms with Crippen molar-refractivity contribution in [3.8, 4) is 11.1 Å². The van der Waals surface area contributed by atoms with Crippen molar-refractivity contribution in [3.05, 3.63) is 65.7 Å². The van der Waals surface area contributed by atoms with E-state index in [-0.39, 0.29) is 0 Å². The van der Waals surface area contributed by atoms with E-state index in [2.05, 4.69) is 67.2 Å².